The Morgan fingerprint density at radius 3 is 2.67 bits per heavy atom. The smallest absolute Gasteiger partial charge is 0.392 e. The van der Waals surface area contributed by atoms with E-state index < -0.39 is 25.2 Å². The van der Waals surface area contributed by atoms with Crippen LogP contribution >= 0.6 is 11.3 Å². The molecule has 0 saturated heterocycles. The van der Waals surface area contributed by atoms with Gasteiger partial charge < -0.3 is 4.74 Å². The minimum absolute atomic E-state index is 0.261. The first-order chi connectivity index (χ1) is 11.3. The average Bonchev–Trinajstić information content (AvgIpc) is 3.08. The molecule has 0 spiro atoms. The van der Waals surface area contributed by atoms with Gasteiger partial charge in [0.25, 0.3) is 0 Å². The summed E-state index contributed by atoms with van der Waals surface area (Å²) in [6.45, 7) is 1.13. The Morgan fingerprint density at radius 2 is 2.00 bits per heavy atom. The van der Waals surface area contributed by atoms with Crippen molar-refractivity contribution in [2.45, 2.75) is 19.5 Å². The van der Waals surface area contributed by atoms with Gasteiger partial charge in [0.05, 0.1) is 17.8 Å². The summed E-state index contributed by atoms with van der Waals surface area (Å²) < 4.78 is 42.8. The van der Waals surface area contributed by atoms with E-state index in [0.29, 0.717) is 0 Å². The number of benzene rings is 1. The fourth-order valence-corrected chi connectivity index (χ4v) is 3.30. The molecule has 24 heavy (non-hydrogen) atoms. The maximum absolute atomic E-state index is 12.1. The normalized spacial score (nSPS) is 11.8. The predicted molar refractivity (Wildman–Crippen MR) is 84.6 cm³/mol. The van der Waals surface area contributed by atoms with Crippen molar-refractivity contribution in [1.82, 2.24) is 9.78 Å². The van der Waals surface area contributed by atoms with Crippen LogP contribution in [-0.2, 0) is 4.74 Å². The van der Waals surface area contributed by atoms with Gasteiger partial charge in [-0.2, -0.15) is 18.3 Å². The second-order valence-electron chi connectivity index (χ2n) is 5.16. The lowest BCUT2D eigenvalue weighted by Gasteiger charge is -2.06. The number of aromatic nitrogens is 2. The number of carbonyl (C=O) groups is 1. The lowest BCUT2D eigenvalue weighted by Crippen LogP contribution is -2.14. The van der Waals surface area contributed by atoms with E-state index in [0.717, 1.165) is 32.9 Å². The lowest BCUT2D eigenvalue weighted by molar-refractivity contribution is -0.141. The van der Waals surface area contributed by atoms with Crippen LogP contribution in [0, 0.1) is 6.92 Å². The number of esters is 1. The molecule has 0 bridgehead atoms. The Balaban J connectivity index is 1.85. The molecule has 0 atom stereocenters. The molecule has 0 N–H and O–H groups in total. The Bertz CT molecular complexity index is 869. The number of hydrogen-bond donors (Lipinski definition) is 0. The number of aryl methyl sites for hydroxylation is 1. The van der Waals surface area contributed by atoms with Crippen LogP contribution in [0.25, 0.3) is 15.9 Å². The van der Waals surface area contributed by atoms with Gasteiger partial charge in [-0.3, -0.25) is 0 Å². The third-order valence-corrected chi connectivity index (χ3v) is 4.46. The van der Waals surface area contributed by atoms with Crippen LogP contribution in [-0.4, -0.2) is 28.5 Å². The monoisotopic (exact) mass is 354 g/mol. The van der Waals surface area contributed by atoms with Crippen LogP contribution in [0.5, 0.6) is 0 Å². The number of carbonyl (C=O) groups excluding carboxylic acids is 1. The predicted octanol–water partition coefficient (Wildman–Crippen LogP) is 4.50. The standard InChI is InChI=1S/C16H13F3N2O2S/c1-10-12-9-13(15(22)23-8-7-16(17,18)19)24-14(12)21(20-10)11-5-3-2-4-6-11/h2-6,9H,7-8H2,1H3. The summed E-state index contributed by atoms with van der Waals surface area (Å²) in [5.41, 5.74) is 1.58. The van der Waals surface area contributed by atoms with Crippen LogP contribution in [0.3, 0.4) is 0 Å². The fraction of sp³-hybridized carbons (Fsp3) is 0.250. The van der Waals surface area contributed by atoms with Crippen LogP contribution in [0.1, 0.15) is 21.8 Å². The van der Waals surface area contributed by atoms with E-state index in [9.17, 15) is 18.0 Å². The number of para-hydroxylation sites is 1. The van der Waals surface area contributed by atoms with Gasteiger partial charge in [0, 0.05) is 5.39 Å². The molecular formula is C16H13F3N2O2S. The topological polar surface area (TPSA) is 44.1 Å². The van der Waals surface area contributed by atoms with E-state index in [1.165, 1.54) is 0 Å². The molecule has 0 fully saturated rings. The molecule has 0 radical (unpaired) electrons. The molecule has 0 aliphatic heterocycles. The Hall–Kier alpha value is -2.35. The number of nitrogens with zero attached hydrogens (tertiary/aromatic N) is 2. The first-order valence-electron chi connectivity index (χ1n) is 7.13. The minimum Gasteiger partial charge on any atom is -0.461 e. The summed E-state index contributed by atoms with van der Waals surface area (Å²) in [7, 11) is 0. The molecular weight excluding hydrogens is 341 g/mol. The molecule has 0 amide bonds. The Kier molecular flexibility index (Phi) is 4.31. The van der Waals surface area contributed by atoms with Gasteiger partial charge in [0.1, 0.15) is 16.3 Å². The summed E-state index contributed by atoms with van der Waals surface area (Å²) in [5, 5.41) is 5.23. The number of alkyl halides is 3. The number of rotatable bonds is 4. The van der Waals surface area contributed by atoms with Gasteiger partial charge in [-0.15, -0.1) is 11.3 Å². The third-order valence-electron chi connectivity index (χ3n) is 3.37. The number of halogens is 3. The zero-order valence-electron chi connectivity index (χ0n) is 12.6. The molecule has 0 unspecified atom stereocenters. The van der Waals surface area contributed by atoms with E-state index in [4.69, 9.17) is 4.74 Å². The van der Waals surface area contributed by atoms with E-state index >= 15 is 0 Å². The van der Waals surface area contributed by atoms with Gasteiger partial charge in [-0.1, -0.05) is 18.2 Å². The highest BCUT2D eigenvalue weighted by Gasteiger charge is 2.27. The van der Waals surface area contributed by atoms with Crippen molar-refractivity contribution >= 4 is 27.5 Å². The van der Waals surface area contributed by atoms with Crippen LogP contribution in [0.4, 0.5) is 13.2 Å². The third kappa shape index (κ3) is 3.43. The van der Waals surface area contributed by atoms with Crippen LogP contribution in [0.2, 0.25) is 0 Å². The zero-order valence-corrected chi connectivity index (χ0v) is 13.4. The highest BCUT2D eigenvalue weighted by Crippen LogP contribution is 2.31. The van der Waals surface area contributed by atoms with E-state index in [2.05, 4.69) is 5.10 Å². The number of hydrogen-bond acceptors (Lipinski definition) is 4. The number of ether oxygens (including phenoxy) is 1. The SMILES string of the molecule is Cc1nn(-c2ccccc2)c2sc(C(=O)OCCC(F)(F)F)cc12. The average molecular weight is 354 g/mol. The number of fused-ring (bicyclic) bond motifs is 1. The molecule has 126 valence electrons. The molecule has 2 aromatic heterocycles. The molecule has 0 aliphatic carbocycles. The Morgan fingerprint density at radius 1 is 1.29 bits per heavy atom. The van der Waals surface area contributed by atoms with Gasteiger partial charge >= 0.3 is 12.1 Å². The van der Waals surface area contributed by atoms with E-state index in [1.807, 2.05) is 37.3 Å². The van der Waals surface area contributed by atoms with Crippen molar-refractivity contribution in [3.8, 4) is 5.69 Å². The Labute approximate surface area is 139 Å². The summed E-state index contributed by atoms with van der Waals surface area (Å²) in [6.07, 6.45) is -5.49. The van der Waals surface area contributed by atoms with Crippen molar-refractivity contribution < 1.29 is 22.7 Å². The van der Waals surface area contributed by atoms with E-state index in [1.54, 1.807) is 10.7 Å². The molecule has 3 rings (SSSR count). The van der Waals surface area contributed by atoms with Crippen LogP contribution in [0.15, 0.2) is 36.4 Å². The molecule has 2 heterocycles. The summed E-state index contributed by atoms with van der Waals surface area (Å²) >= 11 is 1.15. The van der Waals surface area contributed by atoms with Gasteiger partial charge in [0.2, 0.25) is 0 Å². The molecule has 8 heteroatoms. The zero-order chi connectivity index (χ0) is 17.3. The van der Waals surface area contributed by atoms with Crippen molar-refractivity contribution in [1.29, 1.82) is 0 Å². The molecule has 4 nitrogen and oxygen atoms in total. The van der Waals surface area contributed by atoms with Gasteiger partial charge in [-0.25, -0.2) is 9.48 Å². The van der Waals surface area contributed by atoms with Crippen LogP contribution < -0.4 is 0 Å². The summed E-state index contributed by atoms with van der Waals surface area (Å²) in [4.78, 5) is 13.0. The number of thiophene rings is 1. The van der Waals surface area contributed by atoms with Gasteiger partial charge in [0.15, 0.2) is 0 Å². The van der Waals surface area contributed by atoms with Crippen molar-refractivity contribution in [3.05, 3.63) is 47.0 Å². The molecule has 0 aliphatic rings. The second kappa shape index (κ2) is 6.27. The van der Waals surface area contributed by atoms with Crippen molar-refractivity contribution in [3.63, 3.8) is 0 Å². The van der Waals surface area contributed by atoms with Gasteiger partial charge in [-0.05, 0) is 25.1 Å². The largest absolute Gasteiger partial charge is 0.461 e. The first kappa shape index (κ1) is 16.5. The van der Waals surface area contributed by atoms with Crippen molar-refractivity contribution in [2.75, 3.05) is 6.61 Å². The fourth-order valence-electron chi connectivity index (χ4n) is 2.22. The lowest BCUT2D eigenvalue weighted by atomic mass is 10.3. The second-order valence-corrected chi connectivity index (χ2v) is 6.19. The molecule has 3 aromatic rings. The summed E-state index contributed by atoms with van der Waals surface area (Å²) in [6, 6.07) is 11.0. The first-order valence-corrected chi connectivity index (χ1v) is 7.95. The summed E-state index contributed by atoms with van der Waals surface area (Å²) in [5.74, 6) is -0.750. The van der Waals surface area contributed by atoms with E-state index in [-0.39, 0.29) is 4.88 Å². The van der Waals surface area contributed by atoms with Crippen molar-refractivity contribution in [2.24, 2.45) is 0 Å². The maximum Gasteiger partial charge on any atom is 0.392 e. The quantitative estimate of drug-likeness (QED) is 0.648. The minimum atomic E-state index is -4.34. The molecule has 0 saturated carbocycles. The highest BCUT2D eigenvalue weighted by molar-refractivity contribution is 7.20. The molecule has 1 aromatic carbocycles. The maximum atomic E-state index is 12.1. The highest BCUT2D eigenvalue weighted by atomic mass is 32.1.